The Balaban J connectivity index is 1.78. The number of hydrogen-bond donors (Lipinski definition) is 2. The summed E-state index contributed by atoms with van der Waals surface area (Å²) >= 11 is 0. The molecule has 138 valence electrons. The first-order chi connectivity index (χ1) is 11.9. The van der Waals surface area contributed by atoms with Crippen LogP contribution in [0.4, 0.5) is 10.5 Å². The average molecular weight is 365 g/mol. The second-order valence-corrected chi connectivity index (χ2v) is 9.28. The molecule has 0 bridgehead atoms. The minimum absolute atomic E-state index is 0.226. The van der Waals surface area contributed by atoms with Crippen LogP contribution in [0.1, 0.15) is 41.5 Å². The predicted molar refractivity (Wildman–Crippen MR) is 102 cm³/mol. The summed E-state index contributed by atoms with van der Waals surface area (Å²) in [6.45, 7) is 0.769. The third-order valence-electron chi connectivity index (χ3n) is 4.98. The second-order valence-electron chi connectivity index (χ2n) is 7.31. The van der Waals surface area contributed by atoms with Crippen LogP contribution in [-0.2, 0) is 35.6 Å². The van der Waals surface area contributed by atoms with E-state index in [4.69, 9.17) is 5.14 Å². The zero-order valence-corrected chi connectivity index (χ0v) is 16.0. The molecule has 0 fully saturated rings. The minimum atomic E-state index is -2.99. The highest BCUT2D eigenvalue weighted by molar-refractivity contribution is 7.91. The summed E-state index contributed by atoms with van der Waals surface area (Å²) in [5.74, 6) is 0.226. The zero-order valence-electron chi connectivity index (χ0n) is 15.1. The number of fused-ring (bicyclic) bond motifs is 2. The molecule has 1 aromatic rings. The van der Waals surface area contributed by atoms with Gasteiger partial charge < -0.3 is 10.2 Å². The van der Waals surface area contributed by atoms with Gasteiger partial charge in [-0.15, -0.1) is 4.36 Å². The van der Waals surface area contributed by atoms with Crippen molar-refractivity contribution in [2.45, 2.75) is 44.9 Å². The highest BCUT2D eigenvalue weighted by atomic mass is 32.2. The Morgan fingerprint density at radius 1 is 1.20 bits per heavy atom. The zero-order chi connectivity index (χ0) is 18.0. The van der Waals surface area contributed by atoms with Crippen LogP contribution in [0.25, 0.3) is 0 Å². The highest BCUT2D eigenvalue weighted by Gasteiger charge is 2.25. The number of hydrogen-bond acceptors (Lipinski definition) is 3. The van der Waals surface area contributed by atoms with E-state index in [0.29, 0.717) is 6.42 Å². The monoisotopic (exact) mass is 364 g/mol. The molecule has 0 aromatic heterocycles. The molecule has 0 saturated carbocycles. The van der Waals surface area contributed by atoms with Crippen LogP contribution < -0.4 is 10.5 Å². The maximum atomic E-state index is 12.4. The number of carbonyl (C=O) groups is 1. The summed E-state index contributed by atoms with van der Waals surface area (Å²) < 4.78 is 16.2. The van der Waals surface area contributed by atoms with E-state index in [1.54, 1.807) is 0 Å². The summed E-state index contributed by atoms with van der Waals surface area (Å²) in [5.41, 5.74) is 6.08. The topological polar surface area (TPSA) is 87.8 Å². The minimum Gasteiger partial charge on any atom is -0.309 e. The van der Waals surface area contributed by atoms with Crippen LogP contribution in [0.15, 0.2) is 10.4 Å². The van der Waals surface area contributed by atoms with Gasteiger partial charge in [-0.2, -0.15) is 0 Å². The molecule has 3 N–H and O–H groups in total. The van der Waals surface area contributed by atoms with Gasteiger partial charge in [-0.05, 0) is 87.8 Å². The van der Waals surface area contributed by atoms with Gasteiger partial charge in [0.15, 0.2) is 0 Å². The van der Waals surface area contributed by atoms with Crippen molar-refractivity contribution in [1.29, 1.82) is 0 Å². The highest BCUT2D eigenvalue weighted by Crippen LogP contribution is 2.38. The van der Waals surface area contributed by atoms with E-state index < -0.39 is 15.9 Å². The number of carbonyl (C=O) groups excluding carboxylic acids is 1. The van der Waals surface area contributed by atoms with Crippen molar-refractivity contribution in [2.24, 2.45) is 9.50 Å². The van der Waals surface area contributed by atoms with E-state index in [9.17, 15) is 9.00 Å². The first-order valence-electron chi connectivity index (χ1n) is 9.00. The van der Waals surface area contributed by atoms with Gasteiger partial charge in [0.1, 0.15) is 9.92 Å². The fourth-order valence-corrected chi connectivity index (χ4v) is 4.83. The number of nitrogens with one attached hydrogen (secondary N) is 1. The van der Waals surface area contributed by atoms with Gasteiger partial charge in [0.2, 0.25) is 0 Å². The van der Waals surface area contributed by atoms with Crippen LogP contribution in [-0.4, -0.2) is 41.5 Å². The molecule has 1 atom stereocenters. The van der Waals surface area contributed by atoms with E-state index in [1.165, 1.54) is 22.3 Å². The lowest BCUT2D eigenvalue weighted by molar-refractivity contribution is 0.260. The van der Waals surface area contributed by atoms with E-state index >= 15 is 0 Å². The van der Waals surface area contributed by atoms with E-state index in [0.717, 1.165) is 50.8 Å². The van der Waals surface area contributed by atoms with Gasteiger partial charge in [-0.3, -0.25) is 0 Å². The number of nitrogens with two attached hydrogens (primary N) is 1. The number of rotatable bonds is 5. The molecule has 2 amide bonds. The number of anilines is 1. The molecular formula is C18H28N4O2S. The van der Waals surface area contributed by atoms with Crippen LogP contribution in [0.3, 0.4) is 0 Å². The van der Waals surface area contributed by atoms with E-state index in [-0.39, 0.29) is 5.75 Å². The lowest BCUT2D eigenvalue weighted by Crippen LogP contribution is -2.24. The quantitative estimate of drug-likeness (QED) is 0.841. The summed E-state index contributed by atoms with van der Waals surface area (Å²) in [7, 11) is 0.898. The molecule has 2 aliphatic carbocycles. The second kappa shape index (κ2) is 7.43. The Bertz CT molecular complexity index is 763. The van der Waals surface area contributed by atoms with Crippen molar-refractivity contribution in [3.8, 4) is 0 Å². The molecule has 25 heavy (non-hydrogen) atoms. The largest absolute Gasteiger partial charge is 0.354 e. The first-order valence-corrected chi connectivity index (χ1v) is 10.8. The molecule has 0 spiro atoms. The van der Waals surface area contributed by atoms with Crippen LogP contribution in [0.5, 0.6) is 0 Å². The lowest BCUT2D eigenvalue weighted by Gasteiger charge is -2.15. The average Bonchev–Trinajstić information content (AvgIpc) is 3.14. The summed E-state index contributed by atoms with van der Waals surface area (Å²) in [6.07, 6.45) is 7.00. The standard InChI is InChI=1S/C18H28N4O2S/c1-22(2)10-5-11-25(19,24)21-18(23)20-17-15-8-3-6-13(15)12-14-7-4-9-16(14)17/h12H,3-11H2,1-2H3,(H3,19,20,21,23,24)/t25-/m1/s1. The number of amides is 2. The number of aryl methyl sites for hydroxylation is 2. The van der Waals surface area contributed by atoms with Gasteiger partial charge in [-0.25, -0.2) is 14.1 Å². The predicted octanol–water partition coefficient (Wildman–Crippen LogP) is 2.49. The third-order valence-corrected chi connectivity index (χ3v) is 6.33. The van der Waals surface area contributed by atoms with Gasteiger partial charge in [0.25, 0.3) is 0 Å². The van der Waals surface area contributed by atoms with Crippen molar-refractivity contribution in [3.63, 3.8) is 0 Å². The Hall–Kier alpha value is -1.44. The van der Waals surface area contributed by atoms with Gasteiger partial charge in [-0.1, -0.05) is 6.07 Å². The molecule has 7 heteroatoms. The SMILES string of the molecule is CN(C)CCC[S@](N)(=O)=NC(=O)Nc1c2c(cc3c1CCC3)CCC2. The Labute approximate surface area is 150 Å². The molecular weight excluding hydrogens is 336 g/mol. The van der Waals surface area contributed by atoms with E-state index in [2.05, 4.69) is 15.7 Å². The van der Waals surface area contributed by atoms with Crippen molar-refractivity contribution in [1.82, 2.24) is 4.90 Å². The molecule has 1 aromatic carbocycles. The van der Waals surface area contributed by atoms with Crippen LogP contribution >= 0.6 is 0 Å². The normalized spacial score (nSPS) is 17.9. The fraction of sp³-hybridized carbons (Fsp3) is 0.611. The van der Waals surface area contributed by atoms with E-state index in [1.807, 2.05) is 19.0 Å². The lowest BCUT2D eigenvalue weighted by atomic mass is 9.99. The van der Waals surface area contributed by atoms with Gasteiger partial charge in [0, 0.05) is 11.4 Å². The third kappa shape index (κ3) is 4.40. The van der Waals surface area contributed by atoms with Crippen molar-refractivity contribution in [3.05, 3.63) is 28.3 Å². The molecule has 0 heterocycles. The number of urea groups is 1. The first kappa shape index (κ1) is 18.4. The molecule has 0 unspecified atom stereocenters. The fourth-order valence-electron chi connectivity index (χ4n) is 3.87. The molecule has 0 saturated heterocycles. The summed E-state index contributed by atoms with van der Waals surface area (Å²) in [4.78, 5) is 14.4. The molecule has 6 nitrogen and oxygen atoms in total. The van der Waals surface area contributed by atoms with Gasteiger partial charge in [0.05, 0.1) is 0 Å². The smallest absolute Gasteiger partial charge is 0.309 e. The maximum Gasteiger partial charge on any atom is 0.354 e. The maximum absolute atomic E-state index is 12.4. The molecule has 2 aliphatic rings. The summed E-state index contributed by atoms with van der Waals surface area (Å²) in [6, 6.07) is 1.73. The Morgan fingerprint density at radius 2 is 1.80 bits per heavy atom. The molecule has 3 rings (SSSR count). The van der Waals surface area contributed by atoms with Gasteiger partial charge >= 0.3 is 6.03 Å². The molecule has 0 aliphatic heterocycles. The Kier molecular flexibility index (Phi) is 5.46. The number of nitrogens with zero attached hydrogens (tertiary/aromatic N) is 2. The van der Waals surface area contributed by atoms with Crippen LogP contribution in [0.2, 0.25) is 0 Å². The van der Waals surface area contributed by atoms with Crippen molar-refractivity contribution >= 4 is 21.6 Å². The molecule has 0 radical (unpaired) electrons. The van der Waals surface area contributed by atoms with Crippen molar-refractivity contribution < 1.29 is 9.00 Å². The number of benzene rings is 1. The Morgan fingerprint density at radius 3 is 2.36 bits per heavy atom. The van der Waals surface area contributed by atoms with Crippen LogP contribution in [0, 0.1) is 0 Å². The summed E-state index contributed by atoms with van der Waals surface area (Å²) in [5, 5.41) is 8.69. The van der Waals surface area contributed by atoms with Crippen molar-refractivity contribution in [2.75, 3.05) is 31.7 Å².